The van der Waals surface area contributed by atoms with Gasteiger partial charge in [0.05, 0.1) is 12.9 Å². The molecule has 4 nitrogen and oxygen atoms in total. The zero-order chi connectivity index (χ0) is 13.1. The number of Topliss-reactive ketones (excluding diaryl/α,β-unsaturated/α-hetero) is 1. The summed E-state index contributed by atoms with van der Waals surface area (Å²) in [4.78, 5) is 27.7. The lowest BCUT2D eigenvalue weighted by Crippen LogP contribution is -2.24. The van der Waals surface area contributed by atoms with Crippen molar-refractivity contribution in [2.45, 2.75) is 13.5 Å². The summed E-state index contributed by atoms with van der Waals surface area (Å²) in [6.07, 6.45) is 1.40. The van der Waals surface area contributed by atoms with E-state index in [1.165, 1.54) is 17.0 Å². The van der Waals surface area contributed by atoms with Crippen molar-refractivity contribution in [1.82, 2.24) is 9.55 Å². The molecular weight excluding hydrogens is 296 g/mol. The molecule has 1 heterocycles. The van der Waals surface area contributed by atoms with Gasteiger partial charge >= 0.3 is 0 Å². The van der Waals surface area contributed by atoms with Crippen LogP contribution in [0.4, 0.5) is 0 Å². The van der Waals surface area contributed by atoms with Gasteiger partial charge in [-0.2, -0.15) is 0 Å². The minimum absolute atomic E-state index is 0.00523. The van der Waals surface area contributed by atoms with Crippen molar-refractivity contribution < 1.29 is 4.79 Å². The van der Waals surface area contributed by atoms with Crippen molar-refractivity contribution >= 4 is 21.7 Å². The number of rotatable bonds is 3. The van der Waals surface area contributed by atoms with E-state index < -0.39 is 0 Å². The minimum atomic E-state index is -0.220. The van der Waals surface area contributed by atoms with Gasteiger partial charge in [0.25, 0.3) is 5.56 Å². The van der Waals surface area contributed by atoms with Crippen LogP contribution in [-0.2, 0) is 6.54 Å². The van der Waals surface area contributed by atoms with Gasteiger partial charge in [-0.3, -0.25) is 14.2 Å². The van der Waals surface area contributed by atoms with Gasteiger partial charge < -0.3 is 0 Å². The summed E-state index contributed by atoms with van der Waals surface area (Å²) in [5, 5.41) is 0. The maximum Gasteiger partial charge on any atom is 0.253 e. The molecule has 0 spiro atoms. The molecule has 0 aliphatic carbocycles. The SMILES string of the molecule is Cc1cc(=O)n(CC(=O)c2ccccc2Br)cn1. The van der Waals surface area contributed by atoms with E-state index in [1.54, 1.807) is 25.1 Å². The van der Waals surface area contributed by atoms with Gasteiger partial charge in [-0.25, -0.2) is 4.98 Å². The Hall–Kier alpha value is -1.75. The van der Waals surface area contributed by atoms with Crippen molar-refractivity contribution in [3.05, 3.63) is 62.7 Å². The van der Waals surface area contributed by atoms with Crippen molar-refractivity contribution in [3.8, 4) is 0 Å². The summed E-state index contributed by atoms with van der Waals surface area (Å²) in [6.45, 7) is 1.73. The van der Waals surface area contributed by atoms with Crippen LogP contribution in [0.25, 0.3) is 0 Å². The monoisotopic (exact) mass is 306 g/mol. The van der Waals surface area contributed by atoms with Crippen molar-refractivity contribution in [1.29, 1.82) is 0 Å². The molecule has 0 fully saturated rings. The van der Waals surface area contributed by atoms with Gasteiger partial charge in [0.15, 0.2) is 5.78 Å². The zero-order valence-electron chi connectivity index (χ0n) is 9.76. The molecule has 0 atom stereocenters. The van der Waals surface area contributed by atoms with Crippen LogP contribution >= 0.6 is 15.9 Å². The van der Waals surface area contributed by atoms with E-state index in [4.69, 9.17) is 0 Å². The van der Waals surface area contributed by atoms with Gasteiger partial charge in [-0.15, -0.1) is 0 Å². The Morgan fingerprint density at radius 3 is 2.78 bits per heavy atom. The van der Waals surface area contributed by atoms with Crippen LogP contribution in [0.5, 0.6) is 0 Å². The number of carbonyl (C=O) groups excluding carboxylic acids is 1. The van der Waals surface area contributed by atoms with E-state index in [2.05, 4.69) is 20.9 Å². The number of carbonyl (C=O) groups is 1. The average Bonchev–Trinajstić information content (AvgIpc) is 2.33. The first-order chi connectivity index (χ1) is 8.58. The molecule has 1 aromatic carbocycles. The molecule has 0 amide bonds. The molecule has 0 aliphatic heterocycles. The number of aromatic nitrogens is 2. The quantitative estimate of drug-likeness (QED) is 0.817. The largest absolute Gasteiger partial charge is 0.292 e. The first-order valence-electron chi connectivity index (χ1n) is 5.39. The van der Waals surface area contributed by atoms with Crippen molar-refractivity contribution in [3.63, 3.8) is 0 Å². The molecule has 0 saturated heterocycles. The Bertz CT molecular complexity index is 649. The fraction of sp³-hybridized carbons (Fsp3) is 0.154. The molecule has 1 aromatic heterocycles. The maximum atomic E-state index is 12.1. The molecular formula is C13H11BrN2O2. The lowest BCUT2D eigenvalue weighted by atomic mass is 10.1. The molecule has 0 unspecified atom stereocenters. The van der Waals surface area contributed by atoms with Crippen LogP contribution < -0.4 is 5.56 Å². The van der Waals surface area contributed by atoms with Gasteiger partial charge in [0.1, 0.15) is 0 Å². The Balaban J connectivity index is 2.27. The number of aryl methyl sites for hydroxylation is 1. The Labute approximate surface area is 112 Å². The third-order valence-corrected chi connectivity index (χ3v) is 3.20. The van der Waals surface area contributed by atoms with E-state index in [9.17, 15) is 9.59 Å². The summed E-state index contributed by atoms with van der Waals surface area (Å²) >= 11 is 3.32. The fourth-order valence-electron chi connectivity index (χ4n) is 1.56. The number of ketones is 1. The predicted molar refractivity (Wildman–Crippen MR) is 71.7 cm³/mol. The van der Waals surface area contributed by atoms with Gasteiger partial charge in [0, 0.05) is 21.8 Å². The molecule has 0 aliphatic rings. The van der Waals surface area contributed by atoms with Crippen LogP contribution in [0.1, 0.15) is 16.1 Å². The molecule has 92 valence electrons. The van der Waals surface area contributed by atoms with Crippen LogP contribution in [0, 0.1) is 6.92 Å². The summed E-state index contributed by atoms with van der Waals surface area (Å²) in [5.74, 6) is -0.129. The summed E-state index contributed by atoms with van der Waals surface area (Å²) < 4.78 is 2.03. The van der Waals surface area contributed by atoms with Gasteiger partial charge in [-0.1, -0.05) is 34.1 Å². The third kappa shape index (κ3) is 2.73. The molecule has 0 radical (unpaired) electrons. The molecule has 2 rings (SSSR count). The second-order valence-electron chi connectivity index (χ2n) is 3.90. The lowest BCUT2D eigenvalue weighted by molar-refractivity contribution is 0.0969. The normalized spacial score (nSPS) is 10.3. The predicted octanol–water partition coefficient (Wildman–Crippen LogP) is 2.20. The summed E-state index contributed by atoms with van der Waals surface area (Å²) in [5.41, 5.74) is 0.984. The van der Waals surface area contributed by atoms with Gasteiger partial charge in [-0.05, 0) is 13.0 Å². The van der Waals surface area contributed by atoms with Crippen LogP contribution in [-0.4, -0.2) is 15.3 Å². The first kappa shape index (κ1) is 12.7. The van der Waals surface area contributed by atoms with Gasteiger partial charge in [0.2, 0.25) is 0 Å². The minimum Gasteiger partial charge on any atom is -0.292 e. The lowest BCUT2D eigenvalue weighted by Gasteiger charge is -2.06. The molecule has 5 heteroatoms. The highest BCUT2D eigenvalue weighted by atomic mass is 79.9. The molecule has 2 aromatic rings. The topological polar surface area (TPSA) is 52.0 Å². The third-order valence-electron chi connectivity index (χ3n) is 2.50. The van der Waals surface area contributed by atoms with Crippen LogP contribution in [0.2, 0.25) is 0 Å². The second kappa shape index (κ2) is 5.27. The Kier molecular flexibility index (Phi) is 3.72. The molecule has 18 heavy (non-hydrogen) atoms. The van der Waals surface area contributed by atoms with Crippen molar-refractivity contribution in [2.24, 2.45) is 0 Å². The maximum absolute atomic E-state index is 12.1. The van der Waals surface area contributed by atoms with E-state index in [1.807, 2.05) is 6.07 Å². The van der Waals surface area contributed by atoms with Crippen LogP contribution in [0.15, 0.2) is 45.9 Å². The van der Waals surface area contributed by atoms with Crippen molar-refractivity contribution in [2.75, 3.05) is 0 Å². The van der Waals surface area contributed by atoms with Crippen LogP contribution in [0.3, 0.4) is 0 Å². The summed E-state index contributed by atoms with van der Waals surface area (Å²) in [6, 6.07) is 8.55. The Morgan fingerprint density at radius 1 is 1.39 bits per heavy atom. The highest BCUT2D eigenvalue weighted by Crippen LogP contribution is 2.16. The fourth-order valence-corrected chi connectivity index (χ4v) is 2.07. The van der Waals surface area contributed by atoms with E-state index in [0.29, 0.717) is 11.3 Å². The van der Waals surface area contributed by atoms with E-state index in [0.717, 1.165) is 4.47 Å². The Morgan fingerprint density at radius 2 is 2.11 bits per heavy atom. The highest BCUT2D eigenvalue weighted by molar-refractivity contribution is 9.10. The van der Waals surface area contributed by atoms with E-state index in [-0.39, 0.29) is 17.9 Å². The second-order valence-corrected chi connectivity index (χ2v) is 4.75. The van der Waals surface area contributed by atoms with E-state index >= 15 is 0 Å². The number of benzene rings is 1. The number of nitrogens with zero attached hydrogens (tertiary/aromatic N) is 2. The molecule has 0 bridgehead atoms. The molecule has 0 saturated carbocycles. The first-order valence-corrected chi connectivity index (χ1v) is 6.18. The number of hydrogen-bond acceptors (Lipinski definition) is 3. The highest BCUT2D eigenvalue weighted by Gasteiger charge is 2.10. The number of halogens is 1. The smallest absolute Gasteiger partial charge is 0.253 e. The summed E-state index contributed by atoms with van der Waals surface area (Å²) in [7, 11) is 0. The zero-order valence-corrected chi connectivity index (χ0v) is 11.3. The molecule has 0 N–H and O–H groups in total. The average molecular weight is 307 g/mol. The number of hydrogen-bond donors (Lipinski definition) is 0. The standard InChI is InChI=1S/C13H11BrN2O2/c1-9-6-13(18)16(8-15-9)7-12(17)10-4-2-3-5-11(10)14/h2-6,8H,7H2,1H3.